The smallest absolute Gasteiger partial charge is 0.284 e. The van der Waals surface area contributed by atoms with Gasteiger partial charge >= 0.3 is 0 Å². The van der Waals surface area contributed by atoms with Crippen molar-refractivity contribution < 1.29 is 19.2 Å². The van der Waals surface area contributed by atoms with Crippen LogP contribution in [0.3, 0.4) is 0 Å². The highest BCUT2D eigenvalue weighted by molar-refractivity contribution is 5.99. The van der Waals surface area contributed by atoms with Gasteiger partial charge in [0.05, 0.1) is 0 Å². The van der Waals surface area contributed by atoms with Gasteiger partial charge in [0.25, 0.3) is 5.91 Å². The van der Waals surface area contributed by atoms with Crippen LogP contribution in [-0.2, 0) is 16.2 Å². The number of hydroxylamine groups is 2. The summed E-state index contributed by atoms with van der Waals surface area (Å²) in [5, 5.41) is 0.699. The second kappa shape index (κ2) is 8.51. The summed E-state index contributed by atoms with van der Waals surface area (Å²) in [4.78, 5) is 28.8. The number of benzene rings is 2. The topological polar surface area (TPSA) is 55.8 Å². The second-order valence-electron chi connectivity index (χ2n) is 4.96. The largest absolute Gasteiger partial charge is 0.481 e. The first-order valence-electron chi connectivity index (χ1n) is 7.28. The van der Waals surface area contributed by atoms with Gasteiger partial charge in [0, 0.05) is 5.56 Å². The first kappa shape index (κ1) is 17.3. The van der Waals surface area contributed by atoms with Crippen LogP contribution in [0, 0.1) is 19.3 Å². The third-order valence-electron chi connectivity index (χ3n) is 3.29. The van der Waals surface area contributed by atoms with Gasteiger partial charge in [-0.1, -0.05) is 36.3 Å². The summed E-state index contributed by atoms with van der Waals surface area (Å²) in [7, 11) is 0. The first-order valence-corrected chi connectivity index (χ1v) is 7.28. The van der Waals surface area contributed by atoms with E-state index in [1.807, 2.05) is 6.07 Å². The average molecular weight is 323 g/mol. The van der Waals surface area contributed by atoms with Crippen molar-refractivity contribution >= 4 is 12.3 Å². The molecule has 122 valence electrons. The molecule has 2 aromatic rings. The number of amides is 2. The Kier molecular flexibility index (Phi) is 6.12. The summed E-state index contributed by atoms with van der Waals surface area (Å²) in [5.41, 5.74) is 1.98. The summed E-state index contributed by atoms with van der Waals surface area (Å²) in [6, 6.07) is 14.0. The predicted molar refractivity (Wildman–Crippen MR) is 89.0 cm³/mol. The molecule has 2 aromatic carbocycles. The van der Waals surface area contributed by atoms with E-state index in [1.165, 1.54) is 0 Å². The third kappa shape index (κ3) is 4.45. The third-order valence-corrected chi connectivity index (χ3v) is 3.29. The standard InChI is InChI=1S/C19H17NO4/c1-3-12-23-17-10-8-16(9-11-17)13-24-20(14-21)19(22)18-7-5-4-6-15(18)2/h1,4-11,14H,12-13H2,2H3. The fourth-order valence-corrected chi connectivity index (χ4v) is 2.02. The molecule has 0 atom stereocenters. The van der Waals surface area contributed by atoms with Gasteiger partial charge < -0.3 is 4.74 Å². The molecule has 0 aromatic heterocycles. The van der Waals surface area contributed by atoms with Crippen molar-refractivity contribution in [1.82, 2.24) is 5.06 Å². The molecule has 0 bridgehead atoms. The fourth-order valence-electron chi connectivity index (χ4n) is 2.02. The van der Waals surface area contributed by atoms with Crippen molar-refractivity contribution in [1.29, 1.82) is 0 Å². The van der Waals surface area contributed by atoms with E-state index in [9.17, 15) is 9.59 Å². The monoisotopic (exact) mass is 323 g/mol. The molecule has 0 unspecified atom stereocenters. The van der Waals surface area contributed by atoms with Gasteiger partial charge in [-0.3, -0.25) is 14.4 Å². The lowest BCUT2D eigenvalue weighted by molar-refractivity contribution is -0.159. The molecular weight excluding hydrogens is 306 g/mol. The molecule has 0 fully saturated rings. The van der Waals surface area contributed by atoms with E-state index in [2.05, 4.69) is 5.92 Å². The molecule has 0 aliphatic rings. The second-order valence-corrected chi connectivity index (χ2v) is 4.96. The minimum atomic E-state index is -0.503. The molecule has 2 amide bonds. The number of nitrogens with zero attached hydrogens (tertiary/aromatic N) is 1. The van der Waals surface area contributed by atoms with E-state index in [1.54, 1.807) is 49.4 Å². The molecule has 0 aliphatic carbocycles. The van der Waals surface area contributed by atoms with Gasteiger partial charge in [0.2, 0.25) is 6.41 Å². The van der Waals surface area contributed by atoms with Crippen LogP contribution < -0.4 is 4.74 Å². The van der Waals surface area contributed by atoms with E-state index in [4.69, 9.17) is 16.0 Å². The Morgan fingerprint density at radius 1 is 1.21 bits per heavy atom. The summed E-state index contributed by atoms with van der Waals surface area (Å²) < 4.78 is 5.27. The molecule has 0 aliphatic heterocycles. The molecule has 0 heterocycles. The number of imide groups is 1. The first-order chi connectivity index (χ1) is 11.7. The number of terminal acetylenes is 1. The summed E-state index contributed by atoms with van der Waals surface area (Å²) in [6.07, 6.45) is 5.48. The van der Waals surface area contributed by atoms with Crippen LogP contribution in [0.15, 0.2) is 48.5 Å². The number of hydrogen-bond donors (Lipinski definition) is 0. The van der Waals surface area contributed by atoms with E-state index < -0.39 is 5.91 Å². The highest BCUT2D eigenvalue weighted by atomic mass is 16.7. The maximum Gasteiger partial charge on any atom is 0.284 e. The number of carbonyl (C=O) groups excluding carboxylic acids is 2. The van der Waals surface area contributed by atoms with Gasteiger partial charge in [0.1, 0.15) is 19.0 Å². The maximum atomic E-state index is 12.3. The Balaban J connectivity index is 1.98. The van der Waals surface area contributed by atoms with Gasteiger partial charge in [-0.2, -0.15) is 5.06 Å². The molecule has 2 rings (SSSR count). The quantitative estimate of drug-likeness (QED) is 0.447. The minimum Gasteiger partial charge on any atom is -0.481 e. The van der Waals surface area contributed by atoms with Crippen LogP contribution in [0.2, 0.25) is 0 Å². The Morgan fingerprint density at radius 2 is 1.92 bits per heavy atom. The Bertz CT molecular complexity index is 747. The van der Waals surface area contributed by atoms with Crippen molar-refractivity contribution in [3.63, 3.8) is 0 Å². The van der Waals surface area contributed by atoms with E-state index in [0.29, 0.717) is 22.8 Å². The van der Waals surface area contributed by atoms with E-state index >= 15 is 0 Å². The zero-order valence-corrected chi connectivity index (χ0v) is 13.3. The molecule has 0 spiro atoms. The minimum absolute atomic E-state index is 0.0752. The SMILES string of the molecule is C#CCOc1ccc(CON(C=O)C(=O)c2ccccc2C)cc1. The molecule has 0 radical (unpaired) electrons. The molecule has 24 heavy (non-hydrogen) atoms. The van der Waals surface area contributed by atoms with Crippen LogP contribution in [0.4, 0.5) is 0 Å². The molecule has 5 nitrogen and oxygen atoms in total. The number of hydrogen-bond acceptors (Lipinski definition) is 4. The average Bonchev–Trinajstić information content (AvgIpc) is 2.61. The van der Waals surface area contributed by atoms with Crippen LogP contribution in [0.25, 0.3) is 0 Å². The molecule has 0 saturated heterocycles. The normalized spacial score (nSPS) is 9.83. The lowest BCUT2D eigenvalue weighted by Crippen LogP contribution is -2.30. The maximum absolute atomic E-state index is 12.3. The van der Waals surface area contributed by atoms with Crippen molar-refractivity contribution in [2.24, 2.45) is 0 Å². The predicted octanol–water partition coefficient (Wildman–Crippen LogP) is 2.74. The summed E-state index contributed by atoms with van der Waals surface area (Å²) >= 11 is 0. The lowest BCUT2D eigenvalue weighted by atomic mass is 10.1. The van der Waals surface area contributed by atoms with E-state index in [0.717, 1.165) is 11.1 Å². The van der Waals surface area contributed by atoms with Crippen molar-refractivity contribution in [3.8, 4) is 18.1 Å². The van der Waals surface area contributed by atoms with Crippen LogP contribution in [-0.4, -0.2) is 24.0 Å². The molecule has 5 heteroatoms. The number of carbonyl (C=O) groups is 2. The zero-order chi connectivity index (χ0) is 17.4. The van der Waals surface area contributed by atoms with Crippen molar-refractivity contribution in [2.75, 3.05) is 6.61 Å². The van der Waals surface area contributed by atoms with Crippen LogP contribution in [0.1, 0.15) is 21.5 Å². The molecule has 0 N–H and O–H groups in total. The van der Waals surface area contributed by atoms with Gasteiger partial charge in [-0.25, -0.2) is 0 Å². The van der Waals surface area contributed by atoms with Crippen LogP contribution >= 0.6 is 0 Å². The molecular formula is C19H17NO4. The van der Waals surface area contributed by atoms with Gasteiger partial charge in [0.15, 0.2) is 0 Å². The van der Waals surface area contributed by atoms with Crippen molar-refractivity contribution in [3.05, 3.63) is 65.2 Å². The van der Waals surface area contributed by atoms with Crippen molar-refractivity contribution in [2.45, 2.75) is 13.5 Å². The highest BCUT2D eigenvalue weighted by Crippen LogP contribution is 2.14. The summed E-state index contributed by atoms with van der Waals surface area (Å²) in [5.74, 6) is 2.52. The Labute approximate surface area is 140 Å². The highest BCUT2D eigenvalue weighted by Gasteiger charge is 2.17. The van der Waals surface area contributed by atoms with Gasteiger partial charge in [-0.15, -0.1) is 6.42 Å². The fraction of sp³-hybridized carbons (Fsp3) is 0.158. The van der Waals surface area contributed by atoms with Crippen LogP contribution in [0.5, 0.6) is 5.75 Å². The number of aryl methyl sites for hydroxylation is 1. The number of ether oxygens (including phenoxy) is 1. The van der Waals surface area contributed by atoms with E-state index in [-0.39, 0.29) is 13.2 Å². The zero-order valence-electron chi connectivity index (χ0n) is 13.3. The Morgan fingerprint density at radius 3 is 2.54 bits per heavy atom. The Hall–Kier alpha value is -3.10. The summed E-state index contributed by atoms with van der Waals surface area (Å²) in [6.45, 7) is 2.07. The van der Waals surface area contributed by atoms with Gasteiger partial charge in [-0.05, 0) is 36.2 Å². The molecule has 0 saturated carbocycles. The lowest BCUT2D eigenvalue weighted by Gasteiger charge is -2.16. The number of rotatable bonds is 7.